The van der Waals surface area contributed by atoms with Crippen molar-refractivity contribution in [3.05, 3.63) is 83.9 Å². The number of hydrogen-bond donors (Lipinski definition) is 1. The van der Waals surface area contributed by atoms with Gasteiger partial charge >= 0.3 is 0 Å². The van der Waals surface area contributed by atoms with Crippen LogP contribution >= 0.6 is 0 Å². The summed E-state index contributed by atoms with van der Waals surface area (Å²) in [5.74, 6) is 1.84. The Morgan fingerprint density at radius 2 is 1.81 bits per heavy atom. The Kier molecular flexibility index (Phi) is 8.10. The van der Waals surface area contributed by atoms with Crippen LogP contribution in [0.25, 0.3) is 10.8 Å². The van der Waals surface area contributed by atoms with Crippen molar-refractivity contribution >= 4 is 16.7 Å². The highest BCUT2D eigenvalue weighted by molar-refractivity contribution is 5.95. The molecule has 194 valence electrons. The summed E-state index contributed by atoms with van der Waals surface area (Å²) in [6.07, 6.45) is 11.3. The number of ether oxygens (including phenoxy) is 2. The van der Waals surface area contributed by atoms with Gasteiger partial charge in [0.25, 0.3) is 5.91 Å². The van der Waals surface area contributed by atoms with Crippen LogP contribution in [0.3, 0.4) is 0 Å². The van der Waals surface area contributed by atoms with Crippen molar-refractivity contribution in [1.82, 2.24) is 10.2 Å². The predicted molar refractivity (Wildman–Crippen MR) is 149 cm³/mol. The molecule has 1 heterocycles. The van der Waals surface area contributed by atoms with Gasteiger partial charge in [-0.05, 0) is 91.6 Å². The zero-order chi connectivity index (χ0) is 25.6. The first-order chi connectivity index (χ1) is 18.2. The van der Waals surface area contributed by atoms with Crippen LogP contribution in [0.2, 0.25) is 0 Å². The number of methoxy groups -OCH3 is 2. The molecule has 2 unspecified atom stereocenters. The highest BCUT2D eigenvalue weighted by atomic mass is 16.5. The Balaban J connectivity index is 1.52. The molecule has 3 aromatic rings. The molecule has 0 radical (unpaired) electrons. The van der Waals surface area contributed by atoms with E-state index in [1.165, 1.54) is 17.2 Å². The van der Waals surface area contributed by atoms with Crippen molar-refractivity contribution in [1.29, 1.82) is 0 Å². The molecule has 1 fully saturated rings. The zero-order valence-corrected chi connectivity index (χ0v) is 22.0. The highest BCUT2D eigenvalue weighted by Gasteiger charge is 2.35. The Hall–Kier alpha value is -3.31. The fourth-order valence-corrected chi connectivity index (χ4v) is 5.97. The molecule has 0 aromatic heterocycles. The van der Waals surface area contributed by atoms with Crippen molar-refractivity contribution in [2.75, 3.05) is 20.8 Å². The summed E-state index contributed by atoms with van der Waals surface area (Å²) in [5, 5.41) is 6.15. The summed E-state index contributed by atoms with van der Waals surface area (Å²) in [4.78, 5) is 16.4. The van der Waals surface area contributed by atoms with Crippen LogP contribution in [0.5, 0.6) is 11.5 Å². The number of nitrogens with one attached hydrogen (secondary N) is 1. The largest absolute Gasteiger partial charge is 0.493 e. The van der Waals surface area contributed by atoms with E-state index in [-0.39, 0.29) is 11.9 Å². The fourth-order valence-electron chi connectivity index (χ4n) is 5.97. The van der Waals surface area contributed by atoms with Gasteiger partial charge in [-0.25, -0.2) is 0 Å². The minimum absolute atomic E-state index is 0.0409. The molecule has 0 bridgehead atoms. The highest BCUT2D eigenvalue weighted by Crippen LogP contribution is 2.33. The first kappa shape index (κ1) is 25.3. The van der Waals surface area contributed by atoms with Crippen LogP contribution in [0.1, 0.15) is 54.4 Å². The van der Waals surface area contributed by atoms with Crippen molar-refractivity contribution in [3.63, 3.8) is 0 Å². The minimum atomic E-state index is 0.0409. The van der Waals surface area contributed by atoms with Crippen LogP contribution in [0.4, 0.5) is 0 Å². The number of allylic oxidation sites excluding steroid dienone is 2. The van der Waals surface area contributed by atoms with E-state index in [9.17, 15) is 4.79 Å². The van der Waals surface area contributed by atoms with E-state index in [1.807, 2.05) is 18.2 Å². The molecule has 1 aliphatic carbocycles. The number of amides is 1. The van der Waals surface area contributed by atoms with Crippen molar-refractivity contribution in [2.24, 2.45) is 5.92 Å². The van der Waals surface area contributed by atoms with Gasteiger partial charge in [0.15, 0.2) is 11.5 Å². The third-order valence-corrected chi connectivity index (χ3v) is 7.97. The molecule has 0 saturated carbocycles. The second-order valence-corrected chi connectivity index (χ2v) is 10.3. The molecule has 5 heteroatoms. The third kappa shape index (κ3) is 5.83. The van der Waals surface area contributed by atoms with Gasteiger partial charge in [-0.2, -0.15) is 0 Å². The van der Waals surface area contributed by atoms with Crippen LogP contribution in [-0.2, 0) is 6.54 Å². The Bertz CT molecular complexity index is 1250. The molecule has 3 aromatic carbocycles. The normalized spacial score (nSPS) is 20.1. The van der Waals surface area contributed by atoms with Crippen LogP contribution in [0, 0.1) is 5.92 Å². The summed E-state index contributed by atoms with van der Waals surface area (Å²) in [7, 11) is 3.23. The maximum absolute atomic E-state index is 14.3. The number of fused-ring (bicyclic) bond motifs is 1. The molecule has 5 nitrogen and oxygen atoms in total. The number of carbonyl (C=O) groups excluding carboxylic acids is 1. The summed E-state index contributed by atoms with van der Waals surface area (Å²) >= 11 is 0. The molecule has 1 saturated heterocycles. The lowest BCUT2D eigenvalue weighted by Gasteiger charge is -2.38. The van der Waals surface area contributed by atoms with Gasteiger partial charge in [0, 0.05) is 24.2 Å². The molecule has 1 aliphatic heterocycles. The lowest BCUT2D eigenvalue weighted by molar-refractivity contribution is 0.0579. The molecular weight excluding hydrogens is 460 g/mol. The van der Waals surface area contributed by atoms with E-state index in [1.54, 1.807) is 14.2 Å². The summed E-state index contributed by atoms with van der Waals surface area (Å²) < 4.78 is 11.0. The summed E-state index contributed by atoms with van der Waals surface area (Å²) in [6, 6.07) is 20.9. The minimum Gasteiger partial charge on any atom is -0.493 e. The van der Waals surface area contributed by atoms with Crippen molar-refractivity contribution in [2.45, 2.75) is 57.2 Å². The SMILES string of the molecule is COc1ccc(C(=O)N(Cc2ccc3ccccc3c2)[C@@H](CC2CC=CCC2)C2CCCN2)cc1OC. The van der Waals surface area contributed by atoms with Gasteiger partial charge in [-0.15, -0.1) is 0 Å². The summed E-state index contributed by atoms with van der Waals surface area (Å²) in [5.41, 5.74) is 1.78. The second kappa shape index (κ2) is 11.8. The molecule has 1 amide bonds. The lowest BCUT2D eigenvalue weighted by Crippen LogP contribution is -2.50. The van der Waals surface area contributed by atoms with Gasteiger partial charge in [0.2, 0.25) is 0 Å². The van der Waals surface area contributed by atoms with E-state index in [4.69, 9.17) is 9.47 Å². The van der Waals surface area contributed by atoms with Crippen molar-refractivity contribution in [3.8, 4) is 11.5 Å². The Morgan fingerprint density at radius 3 is 2.54 bits per heavy atom. The lowest BCUT2D eigenvalue weighted by atomic mass is 9.85. The number of nitrogens with zero attached hydrogens (tertiary/aromatic N) is 1. The smallest absolute Gasteiger partial charge is 0.254 e. The van der Waals surface area contributed by atoms with Gasteiger partial charge < -0.3 is 19.7 Å². The van der Waals surface area contributed by atoms with Crippen LogP contribution in [-0.4, -0.2) is 43.7 Å². The number of hydrogen-bond acceptors (Lipinski definition) is 4. The Morgan fingerprint density at radius 1 is 0.973 bits per heavy atom. The first-order valence-corrected chi connectivity index (χ1v) is 13.6. The molecule has 37 heavy (non-hydrogen) atoms. The average Bonchev–Trinajstić information content (AvgIpc) is 3.49. The zero-order valence-electron chi connectivity index (χ0n) is 22.0. The average molecular weight is 499 g/mol. The molecule has 0 spiro atoms. The Labute approximate surface area is 220 Å². The quantitative estimate of drug-likeness (QED) is 0.349. The number of benzene rings is 3. The van der Waals surface area contributed by atoms with Gasteiger partial charge in [-0.1, -0.05) is 48.6 Å². The topological polar surface area (TPSA) is 50.8 Å². The number of carbonyl (C=O) groups is 1. The van der Waals surface area contributed by atoms with E-state index in [0.29, 0.717) is 35.6 Å². The van der Waals surface area contributed by atoms with Crippen LogP contribution < -0.4 is 14.8 Å². The summed E-state index contributed by atoms with van der Waals surface area (Å²) in [6.45, 7) is 1.59. The monoisotopic (exact) mass is 498 g/mol. The molecule has 2 aliphatic rings. The van der Waals surface area contributed by atoms with Gasteiger partial charge in [-0.3, -0.25) is 4.79 Å². The molecular formula is C32H38N2O3. The van der Waals surface area contributed by atoms with E-state index in [2.05, 4.69) is 64.8 Å². The van der Waals surface area contributed by atoms with Gasteiger partial charge in [0.05, 0.1) is 14.2 Å². The maximum atomic E-state index is 14.3. The van der Waals surface area contributed by atoms with E-state index in [0.717, 1.165) is 44.2 Å². The predicted octanol–water partition coefficient (Wildman–Crippen LogP) is 6.37. The number of rotatable bonds is 9. The van der Waals surface area contributed by atoms with E-state index >= 15 is 0 Å². The first-order valence-electron chi connectivity index (χ1n) is 13.6. The molecule has 5 rings (SSSR count). The third-order valence-electron chi connectivity index (χ3n) is 7.97. The second-order valence-electron chi connectivity index (χ2n) is 10.3. The molecule has 1 N–H and O–H groups in total. The standard InChI is InChI=1S/C32H38N2O3/c1-36-30-17-16-27(21-31(30)37-2)32(35)34(22-24-14-15-25-11-6-7-12-26(25)19-24)29(28-13-8-18-33-28)20-23-9-4-3-5-10-23/h3-4,6-7,11-12,14-17,19,21,23,28-29,33H,5,8-10,13,18,20,22H2,1-2H3/t23?,28?,29-/m0/s1. The van der Waals surface area contributed by atoms with Crippen LogP contribution in [0.15, 0.2) is 72.8 Å². The van der Waals surface area contributed by atoms with Crippen molar-refractivity contribution < 1.29 is 14.3 Å². The van der Waals surface area contributed by atoms with E-state index < -0.39 is 0 Å². The van der Waals surface area contributed by atoms with Gasteiger partial charge in [0.1, 0.15) is 0 Å². The maximum Gasteiger partial charge on any atom is 0.254 e. The molecule has 3 atom stereocenters. The fraction of sp³-hybridized carbons (Fsp3) is 0.406.